The molecule has 2 aromatic heterocycles. The Hall–Kier alpha value is -1.60. The summed E-state index contributed by atoms with van der Waals surface area (Å²) < 4.78 is 0.911. The quantitative estimate of drug-likeness (QED) is 0.384. The molecule has 2 rings (SSSR count). The van der Waals surface area contributed by atoms with E-state index in [0.717, 1.165) is 15.1 Å². The lowest BCUT2D eigenvalue weighted by molar-refractivity contribution is 0.318. The van der Waals surface area contributed by atoms with E-state index in [9.17, 15) is 0 Å². The van der Waals surface area contributed by atoms with Gasteiger partial charge in [-0.05, 0) is 30.8 Å². The van der Waals surface area contributed by atoms with Crippen molar-refractivity contribution in [2.75, 3.05) is 0 Å². The Morgan fingerprint density at radius 2 is 2.35 bits per heavy atom. The molecule has 2 heterocycles. The van der Waals surface area contributed by atoms with E-state index in [1.54, 1.807) is 29.7 Å². The number of rotatable bonds is 3. The van der Waals surface area contributed by atoms with Gasteiger partial charge in [-0.25, -0.2) is 9.97 Å². The number of amidine groups is 1. The first-order chi connectivity index (χ1) is 8.19. The fourth-order valence-electron chi connectivity index (χ4n) is 1.25. The predicted molar refractivity (Wildman–Crippen MR) is 67.7 cm³/mol. The van der Waals surface area contributed by atoms with Crippen molar-refractivity contribution in [1.29, 1.82) is 0 Å². The molecule has 0 radical (unpaired) electrons. The zero-order valence-corrected chi connectivity index (χ0v) is 10.6. The summed E-state index contributed by atoms with van der Waals surface area (Å²) in [5.74, 6) is 0.0801. The van der Waals surface area contributed by atoms with Crippen LogP contribution in [-0.4, -0.2) is 21.0 Å². The predicted octanol–water partition coefficient (Wildman–Crippen LogP) is 2.09. The molecule has 88 valence electrons. The van der Waals surface area contributed by atoms with Crippen molar-refractivity contribution in [3.05, 3.63) is 35.0 Å². The number of nitrogens with zero attached hydrogens (tertiary/aromatic N) is 3. The van der Waals surface area contributed by atoms with Crippen molar-refractivity contribution in [3.63, 3.8) is 0 Å². The standard InChI is InChI=1S/C10H10N4OS2/c1-6-4-7(9(11)14-15)5-8(13-6)17-10-12-2-3-16-10/h2-5,15H,1H3,(H2,11,14). The van der Waals surface area contributed by atoms with E-state index in [4.69, 9.17) is 10.9 Å². The van der Waals surface area contributed by atoms with E-state index in [1.807, 2.05) is 12.3 Å². The summed E-state index contributed by atoms with van der Waals surface area (Å²) in [6.07, 6.45) is 1.74. The number of aryl methyl sites for hydroxylation is 1. The van der Waals surface area contributed by atoms with Gasteiger partial charge in [-0.1, -0.05) is 5.16 Å². The second-order valence-electron chi connectivity index (χ2n) is 3.22. The molecule has 0 spiro atoms. The van der Waals surface area contributed by atoms with Crippen molar-refractivity contribution in [2.45, 2.75) is 16.3 Å². The number of aromatic nitrogens is 2. The van der Waals surface area contributed by atoms with Crippen LogP contribution in [0.5, 0.6) is 0 Å². The van der Waals surface area contributed by atoms with Crippen LogP contribution in [0.15, 0.2) is 38.2 Å². The molecular formula is C10H10N4OS2. The van der Waals surface area contributed by atoms with Gasteiger partial charge in [0, 0.05) is 22.8 Å². The third kappa shape index (κ3) is 2.95. The van der Waals surface area contributed by atoms with Crippen LogP contribution in [0.4, 0.5) is 0 Å². The van der Waals surface area contributed by atoms with Crippen LogP contribution >= 0.6 is 23.1 Å². The van der Waals surface area contributed by atoms with Gasteiger partial charge in [-0.15, -0.1) is 11.3 Å². The highest BCUT2D eigenvalue weighted by atomic mass is 32.2. The summed E-state index contributed by atoms with van der Waals surface area (Å²) >= 11 is 3.00. The third-order valence-corrected chi connectivity index (χ3v) is 3.74. The molecule has 0 aliphatic heterocycles. The van der Waals surface area contributed by atoms with Crippen LogP contribution in [0.25, 0.3) is 0 Å². The van der Waals surface area contributed by atoms with E-state index in [2.05, 4.69) is 15.1 Å². The number of pyridine rings is 1. The topological polar surface area (TPSA) is 84.4 Å². The molecule has 0 aliphatic carbocycles. The van der Waals surface area contributed by atoms with E-state index in [0.29, 0.717) is 5.56 Å². The maximum Gasteiger partial charge on any atom is 0.170 e. The SMILES string of the molecule is Cc1cc(/C(N)=N/O)cc(Sc2nccs2)n1. The van der Waals surface area contributed by atoms with Gasteiger partial charge in [0.05, 0.1) is 0 Å². The van der Waals surface area contributed by atoms with E-state index < -0.39 is 0 Å². The molecule has 0 amide bonds. The molecule has 0 bridgehead atoms. The average molecular weight is 266 g/mol. The number of oxime groups is 1. The molecule has 0 fully saturated rings. The normalized spacial score (nSPS) is 11.7. The molecule has 3 N–H and O–H groups in total. The van der Waals surface area contributed by atoms with Gasteiger partial charge >= 0.3 is 0 Å². The Morgan fingerprint density at radius 1 is 1.53 bits per heavy atom. The number of hydrogen-bond donors (Lipinski definition) is 2. The molecular weight excluding hydrogens is 256 g/mol. The lowest BCUT2D eigenvalue weighted by atomic mass is 10.2. The lowest BCUT2D eigenvalue weighted by Crippen LogP contribution is -2.13. The zero-order valence-electron chi connectivity index (χ0n) is 8.99. The number of hydrogen-bond acceptors (Lipinski definition) is 6. The largest absolute Gasteiger partial charge is 0.409 e. The van der Waals surface area contributed by atoms with Crippen LogP contribution in [0.3, 0.4) is 0 Å². The molecule has 0 saturated heterocycles. The zero-order chi connectivity index (χ0) is 12.3. The van der Waals surface area contributed by atoms with Gasteiger partial charge in [-0.2, -0.15) is 0 Å². The van der Waals surface area contributed by atoms with E-state index >= 15 is 0 Å². The van der Waals surface area contributed by atoms with Crippen LogP contribution in [0, 0.1) is 6.92 Å². The number of nitrogens with two attached hydrogens (primary N) is 1. The highest BCUT2D eigenvalue weighted by Gasteiger charge is 2.07. The maximum absolute atomic E-state index is 8.65. The van der Waals surface area contributed by atoms with Gasteiger partial charge in [0.15, 0.2) is 10.2 Å². The van der Waals surface area contributed by atoms with Gasteiger partial charge in [0.2, 0.25) is 0 Å². The first kappa shape index (κ1) is 11.9. The minimum atomic E-state index is 0.0801. The fraction of sp³-hybridized carbons (Fsp3) is 0.100. The van der Waals surface area contributed by atoms with Gasteiger partial charge < -0.3 is 10.9 Å². The molecule has 17 heavy (non-hydrogen) atoms. The van der Waals surface area contributed by atoms with Crippen molar-refractivity contribution >= 4 is 28.9 Å². The highest BCUT2D eigenvalue weighted by Crippen LogP contribution is 2.28. The first-order valence-electron chi connectivity index (χ1n) is 4.73. The van der Waals surface area contributed by atoms with Crippen LogP contribution in [-0.2, 0) is 0 Å². The third-order valence-electron chi connectivity index (χ3n) is 1.93. The molecule has 0 aromatic carbocycles. The molecule has 7 heteroatoms. The Labute approximate surface area is 106 Å². The Bertz CT molecular complexity index is 539. The first-order valence-corrected chi connectivity index (χ1v) is 6.42. The summed E-state index contributed by atoms with van der Waals surface area (Å²) in [5.41, 5.74) is 7.02. The molecule has 0 atom stereocenters. The minimum Gasteiger partial charge on any atom is -0.409 e. The second kappa shape index (κ2) is 5.15. The number of thiazole rings is 1. The molecule has 0 unspecified atom stereocenters. The van der Waals surface area contributed by atoms with Crippen LogP contribution < -0.4 is 5.73 Å². The fourth-order valence-corrected chi connectivity index (χ4v) is 2.89. The molecule has 5 nitrogen and oxygen atoms in total. The monoisotopic (exact) mass is 266 g/mol. The van der Waals surface area contributed by atoms with Gasteiger partial charge in [0.1, 0.15) is 5.03 Å². The van der Waals surface area contributed by atoms with E-state index in [-0.39, 0.29) is 5.84 Å². The molecule has 0 aliphatic rings. The molecule has 2 aromatic rings. The summed E-state index contributed by atoms with van der Waals surface area (Å²) in [6.45, 7) is 1.86. The smallest absolute Gasteiger partial charge is 0.170 e. The summed E-state index contributed by atoms with van der Waals surface area (Å²) in [4.78, 5) is 8.53. The summed E-state index contributed by atoms with van der Waals surface area (Å²) in [7, 11) is 0. The highest BCUT2D eigenvalue weighted by molar-refractivity contribution is 8.01. The van der Waals surface area contributed by atoms with Crippen molar-refractivity contribution in [3.8, 4) is 0 Å². The van der Waals surface area contributed by atoms with Gasteiger partial charge in [0.25, 0.3) is 0 Å². The van der Waals surface area contributed by atoms with Crippen molar-refractivity contribution in [1.82, 2.24) is 9.97 Å². The lowest BCUT2D eigenvalue weighted by Gasteiger charge is -2.03. The Morgan fingerprint density at radius 3 is 3.00 bits per heavy atom. The summed E-state index contributed by atoms with van der Waals surface area (Å²) in [6, 6.07) is 3.54. The summed E-state index contributed by atoms with van der Waals surface area (Å²) in [5, 5.41) is 14.3. The average Bonchev–Trinajstić information content (AvgIpc) is 2.80. The van der Waals surface area contributed by atoms with Gasteiger partial charge in [-0.3, -0.25) is 0 Å². The molecule has 0 saturated carbocycles. The van der Waals surface area contributed by atoms with E-state index in [1.165, 1.54) is 11.8 Å². The second-order valence-corrected chi connectivity index (χ2v) is 5.38. The Balaban J connectivity index is 2.32. The Kier molecular flexibility index (Phi) is 3.60. The minimum absolute atomic E-state index is 0.0801. The van der Waals surface area contributed by atoms with Crippen molar-refractivity contribution < 1.29 is 5.21 Å². The van der Waals surface area contributed by atoms with Crippen LogP contribution in [0.1, 0.15) is 11.3 Å². The van der Waals surface area contributed by atoms with Crippen molar-refractivity contribution in [2.24, 2.45) is 10.9 Å². The van der Waals surface area contributed by atoms with Crippen LogP contribution in [0.2, 0.25) is 0 Å². The maximum atomic E-state index is 8.65.